The van der Waals surface area contributed by atoms with Gasteiger partial charge in [-0.3, -0.25) is 9.59 Å². The van der Waals surface area contributed by atoms with Crippen molar-refractivity contribution in [2.45, 2.75) is 44.9 Å². The van der Waals surface area contributed by atoms with E-state index in [0.717, 1.165) is 71.2 Å². The van der Waals surface area contributed by atoms with E-state index in [1.807, 2.05) is 16.8 Å². The molecule has 2 heterocycles. The van der Waals surface area contributed by atoms with Crippen molar-refractivity contribution in [2.24, 2.45) is 5.92 Å². The van der Waals surface area contributed by atoms with E-state index in [1.165, 1.54) is 0 Å². The highest BCUT2D eigenvalue weighted by Crippen LogP contribution is 2.21. The number of carbonyl (C=O) groups excluding carboxylic acids is 2. The average Bonchev–Trinajstić information content (AvgIpc) is 2.50. The molecule has 0 saturated carbocycles. The first kappa shape index (κ1) is 16.3. The zero-order chi connectivity index (χ0) is 15.1. The molecule has 5 nitrogen and oxygen atoms in total. The summed E-state index contributed by atoms with van der Waals surface area (Å²) in [6, 6.07) is 0. The molecule has 2 aliphatic rings. The van der Waals surface area contributed by atoms with Crippen LogP contribution in [0.25, 0.3) is 0 Å². The van der Waals surface area contributed by atoms with Crippen LogP contribution in [0.3, 0.4) is 0 Å². The minimum Gasteiger partial charge on any atom is -0.343 e. The Balaban J connectivity index is 1.68. The summed E-state index contributed by atoms with van der Waals surface area (Å²) >= 11 is 0. The largest absolute Gasteiger partial charge is 0.343 e. The highest BCUT2D eigenvalue weighted by molar-refractivity contribution is 5.77. The fourth-order valence-electron chi connectivity index (χ4n) is 3.31. The molecule has 0 bridgehead atoms. The molecule has 0 unspecified atom stereocenters. The molecule has 5 heteroatoms. The lowest BCUT2D eigenvalue weighted by Crippen LogP contribution is -2.44. The summed E-state index contributed by atoms with van der Waals surface area (Å²) in [6.45, 7) is 4.47. The van der Waals surface area contributed by atoms with E-state index in [-0.39, 0.29) is 5.91 Å². The Hall–Kier alpha value is -1.10. The van der Waals surface area contributed by atoms with Gasteiger partial charge >= 0.3 is 0 Å². The summed E-state index contributed by atoms with van der Waals surface area (Å²) in [5.41, 5.74) is 0. The fraction of sp³-hybridized carbons (Fsp3) is 0.875. The van der Waals surface area contributed by atoms with E-state index < -0.39 is 0 Å². The van der Waals surface area contributed by atoms with Crippen molar-refractivity contribution < 1.29 is 9.59 Å². The van der Waals surface area contributed by atoms with Crippen molar-refractivity contribution in [2.75, 3.05) is 39.8 Å². The molecule has 0 aliphatic carbocycles. The van der Waals surface area contributed by atoms with Crippen molar-refractivity contribution in [3.63, 3.8) is 0 Å². The van der Waals surface area contributed by atoms with Gasteiger partial charge in [-0.25, -0.2) is 0 Å². The van der Waals surface area contributed by atoms with Crippen molar-refractivity contribution >= 4 is 11.8 Å². The van der Waals surface area contributed by atoms with Crippen molar-refractivity contribution in [1.82, 2.24) is 15.1 Å². The normalized spacial score (nSPS) is 20.9. The van der Waals surface area contributed by atoms with Crippen LogP contribution < -0.4 is 5.32 Å². The monoisotopic (exact) mass is 295 g/mol. The van der Waals surface area contributed by atoms with Gasteiger partial charge in [0, 0.05) is 39.0 Å². The van der Waals surface area contributed by atoms with E-state index in [9.17, 15) is 9.59 Å². The molecule has 2 aliphatic heterocycles. The van der Waals surface area contributed by atoms with Gasteiger partial charge in [0.05, 0.1) is 0 Å². The van der Waals surface area contributed by atoms with Gasteiger partial charge < -0.3 is 15.1 Å². The smallest absolute Gasteiger partial charge is 0.222 e. The van der Waals surface area contributed by atoms with Crippen LogP contribution in [-0.2, 0) is 9.59 Å². The maximum Gasteiger partial charge on any atom is 0.222 e. The third kappa shape index (κ3) is 4.99. The van der Waals surface area contributed by atoms with Gasteiger partial charge in [-0.15, -0.1) is 0 Å². The molecule has 2 fully saturated rings. The van der Waals surface area contributed by atoms with Gasteiger partial charge in [-0.05, 0) is 51.6 Å². The molecule has 0 aromatic carbocycles. The van der Waals surface area contributed by atoms with Gasteiger partial charge in [0.25, 0.3) is 0 Å². The van der Waals surface area contributed by atoms with Crippen LogP contribution in [0, 0.1) is 5.92 Å². The molecule has 2 amide bonds. The molecule has 1 N–H and O–H groups in total. The molecule has 0 aromatic heterocycles. The predicted octanol–water partition coefficient (Wildman–Crippen LogP) is 1.24. The highest BCUT2D eigenvalue weighted by atomic mass is 16.2. The summed E-state index contributed by atoms with van der Waals surface area (Å²) in [7, 11) is 1.91. The molecular formula is C16H29N3O2. The lowest BCUT2D eigenvalue weighted by atomic mass is 9.95. The van der Waals surface area contributed by atoms with E-state index in [0.29, 0.717) is 18.2 Å². The van der Waals surface area contributed by atoms with E-state index in [2.05, 4.69) is 5.32 Å². The van der Waals surface area contributed by atoms with Gasteiger partial charge in [0.1, 0.15) is 0 Å². The number of piperidine rings is 2. The Morgan fingerprint density at radius 2 is 2.00 bits per heavy atom. The molecule has 0 radical (unpaired) electrons. The van der Waals surface area contributed by atoms with Crippen LogP contribution in [-0.4, -0.2) is 61.4 Å². The zero-order valence-corrected chi connectivity index (χ0v) is 13.3. The quantitative estimate of drug-likeness (QED) is 0.750. The maximum atomic E-state index is 12.1. The SMILES string of the molecule is CNCCCC(=O)N1CCC(CN2CCCCC2=O)CC1. The van der Waals surface area contributed by atoms with E-state index in [1.54, 1.807) is 0 Å². The van der Waals surface area contributed by atoms with Gasteiger partial charge in [0.15, 0.2) is 0 Å². The first-order valence-electron chi connectivity index (χ1n) is 8.41. The van der Waals surface area contributed by atoms with E-state index in [4.69, 9.17) is 0 Å². The lowest BCUT2D eigenvalue weighted by molar-refractivity contribution is -0.136. The van der Waals surface area contributed by atoms with Crippen LogP contribution in [0.5, 0.6) is 0 Å². The van der Waals surface area contributed by atoms with Crippen LogP contribution in [0.15, 0.2) is 0 Å². The van der Waals surface area contributed by atoms with Gasteiger partial charge in [0.2, 0.25) is 11.8 Å². The van der Waals surface area contributed by atoms with Crippen LogP contribution in [0.4, 0.5) is 0 Å². The van der Waals surface area contributed by atoms with Crippen LogP contribution in [0.1, 0.15) is 44.9 Å². The number of hydrogen-bond donors (Lipinski definition) is 1. The number of nitrogens with one attached hydrogen (secondary N) is 1. The average molecular weight is 295 g/mol. The number of nitrogens with zero attached hydrogens (tertiary/aromatic N) is 2. The summed E-state index contributed by atoms with van der Waals surface area (Å²) in [5, 5.41) is 3.07. The second-order valence-electron chi connectivity index (χ2n) is 6.33. The summed E-state index contributed by atoms with van der Waals surface area (Å²) in [6.07, 6.45) is 6.57. The standard InChI is InChI=1S/C16H29N3O2/c1-17-9-4-6-15(20)18-11-7-14(8-12-18)13-19-10-3-2-5-16(19)21/h14,17H,2-13H2,1H3. The predicted molar refractivity (Wildman–Crippen MR) is 82.9 cm³/mol. The summed E-state index contributed by atoms with van der Waals surface area (Å²) < 4.78 is 0. The highest BCUT2D eigenvalue weighted by Gasteiger charge is 2.26. The number of amides is 2. The minimum atomic E-state index is 0.290. The number of rotatable bonds is 6. The lowest BCUT2D eigenvalue weighted by Gasteiger charge is -2.36. The maximum absolute atomic E-state index is 12.1. The topological polar surface area (TPSA) is 52.7 Å². The molecule has 0 aromatic rings. The van der Waals surface area contributed by atoms with E-state index >= 15 is 0 Å². The van der Waals surface area contributed by atoms with Gasteiger partial charge in [-0.1, -0.05) is 0 Å². The molecule has 0 atom stereocenters. The second-order valence-corrected chi connectivity index (χ2v) is 6.33. The molecule has 2 saturated heterocycles. The molecule has 2 rings (SSSR count). The van der Waals surface area contributed by atoms with Crippen molar-refractivity contribution in [3.8, 4) is 0 Å². The minimum absolute atomic E-state index is 0.290. The Morgan fingerprint density at radius 3 is 2.67 bits per heavy atom. The molecule has 21 heavy (non-hydrogen) atoms. The van der Waals surface area contributed by atoms with Gasteiger partial charge in [-0.2, -0.15) is 0 Å². The summed E-state index contributed by atoms with van der Waals surface area (Å²) in [4.78, 5) is 27.9. The third-order valence-electron chi connectivity index (χ3n) is 4.68. The Bertz CT molecular complexity index is 351. The first-order chi connectivity index (χ1) is 10.2. The van der Waals surface area contributed by atoms with Crippen molar-refractivity contribution in [3.05, 3.63) is 0 Å². The molecule has 0 spiro atoms. The zero-order valence-electron chi connectivity index (χ0n) is 13.3. The number of likely N-dealkylation sites (tertiary alicyclic amines) is 2. The van der Waals surface area contributed by atoms with Crippen LogP contribution >= 0.6 is 0 Å². The number of carbonyl (C=O) groups is 2. The third-order valence-corrected chi connectivity index (χ3v) is 4.68. The van der Waals surface area contributed by atoms with Crippen molar-refractivity contribution in [1.29, 1.82) is 0 Å². The Labute approximate surface area is 128 Å². The summed E-state index contributed by atoms with van der Waals surface area (Å²) in [5.74, 6) is 1.19. The molecular weight excluding hydrogens is 266 g/mol. The Morgan fingerprint density at radius 1 is 1.24 bits per heavy atom. The second kappa shape index (κ2) is 8.37. The Kier molecular flexibility index (Phi) is 6.49. The number of hydrogen-bond acceptors (Lipinski definition) is 3. The molecule has 120 valence electrons. The first-order valence-corrected chi connectivity index (χ1v) is 8.41. The fourth-order valence-corrected chi connectivity index (χ4v) is 3.31. The van der Waals surface area contributed by atoms with Crippen LogP contribution in [0.2, 0.25) is 0 Å².